The third-order valence-corrected chi connectivity index (χ3v) is 3.70. The second kappa shape index (κ2) is 2.85. The SMILES string of the molecule is CB1C2=CC(C)=CC2=[N+](C)C2=C1CC=C2. The summed E-state index contributed by atoms with van der Waals surface area (Å²) in [7, 11) is 2.18. The van der Waals surface area contributed by atoms with E-state index >= 15 is 0 Å². The molecule has 0 atom stereocenters. The lowest BCUT2D eigenvalue weighted by Gasteiger charge is -2.17. The zero-order valence-corrected chi connectivity index (χ0v) is 9.54. The Morgan fingerprint density at radius 1 is 1.33 bits per heavy atom. The summed E-state index contributed by atoms with van der Waals surface area (Å²) in [6, 6.07) is 0. The number of rotatable bonds is 0. The van der Waals surface area contributed by atoms with Crippen LogP contribution < -0.4 is 0 Å². The van der Waals surface area contributed by atoms with Crippen LogP contribution in [0.25, 0.3) is 0 Å². The third-order valence-electron chi connectivity index (χ3n) is 3.70. The average Bonchev–Trinajstić information content (AvgIpc) is 2.79. The Morgan fingerprint density at radius 3 is 2.93 bits per heavy atom. The Morgan fingerprint density at radius 2 is 2.13 bits per heavy atom. The molecular weight excluding hydrogens is 181 g/mol. The summed E-state index contributed by atoms with van der Waals surface area (Å²) in [5, 5.41) is 0. The van der Waals surface area contributed by atoms with E-state index in [0.717, 1.165) is 6.42 Å². The molecule has 0 fully saturated rings. The fraction of sp³-hybridized carbons (Fsp3) is 0.308. The fourth-order valence-electron chi connectivity index (χ4n) is 2.85. The van der Waals surface area contributed by atoms with Gasteiger partial charge in [-0.15, -0.1) is 0 Å². The van der Waals surface area contributed by atoms with Gasteiger partial charge in [0.1, 0.15) is 7.05 Å². The molecule has 2 aliphatic carbocycles. The highest BCUT2D eigenvalue weighted by Crippen LogP contribution is 2.33. The van der Waals surface area contributed by atoms with Crippen LogP contribution in [0.5, 0.6) is 0 Å². The van der Waals surface area contributed by atoms with Gasteiger partial charge in [0.15, 0.2) is 11.4 Å². The van der Waals surface area contributed by atoms with Crippen molar-refractivity contribution in [2.45, 2.75) is 20.2 Å². The van der Waals surface area contributed by atoms with E-state index in [9.17, 15) is 0 Å². The maximum Gasteiger partial charge on any atom is 0.219 e. The molecular formula is C13H15BN+. The van der Waals surface area contributed by atoms with Crippen molar-refractivity contribution >= 4 is 12.4 Å². The number of likely N-dealkylation sites (N-methyl/N-ethyl adjacent to an activating group) is 1. The van der Waals surface area contributed by atoms with Crippen molar-refractivity contribution < 1.29 is 4.58 Å². The van der Waals surface area contributed by atoms with Gasteiger partial charge in [0.2, 0.25) is 6.71 Å². The van der Waals surface area contributed by atoms with Gasteiger partial charge in [-0.25, -0.2) is 0 Å². The van der Waals surface area contributed by atoms with Crippen LogP contribution in [-0.2, 0) is 0 Å². The van der Waals surface area contributed by atoms with E-state index in [-0.39, 0.29) is 0 Å². The van der Waals surface area contributed by atoms with Crippen LogP contribution in [0.1, 0.15) is 13.3 Å². The van der Waals surface area contributed by atoms with E-state index in [1.807, 2.05) is 0 Å². The normalized spacial score (nSPS) is 23.3. The number of nitrogens with zero attached hydrogens (tertiary/aromatic N) is 1. The third kappa shape index (κ3) is 1.08. The maximum atomic E-state index is 2.33. The van der Waals surface area contributed by atoms with Crippen molar-refractivity contribution in [1.29, 1.82) is 0 Å². The number of allylic oxidation sites excluding steroid dienone is 7. The highest BCUT2D eigenvalue weighted by Gasteiger charge is 2.38. The summed E-state index contributed by atoms with van der Waals surface area (Å²) in [6.45, 7) is 5.10. The molecule has 0 aromatic rings. The molecule has 1 heterocycles. The Bertz CT molecular complexity index is 501. The molecule has 0 aromatic heterocycles. The van der Waals surface area contributed by atoms with Gasteiger partial charge in [-0.2, -0.15) is 4.58 Å². The summed E-state index contributed by atoms with van der Waals surface area (Å²) in [5.41, 5.74) is 7.27. The molecule has 0 radical (unpaired) electrons. The highest BCUT2D eigenvalue weighted by molar-refractivity contribution is 6.79. The molecule has 1 nitrogen and oxygen atoms in total. The molecule has 0 aromatic carbocycles. The van der Waals surface area contributed by atoms with Crippen molar-refractivity contribution in [3.05, 3.63) is 46.5 Å². The van der Waals surface area contributed by atoms with E-state index in [2.05, 4.69) is 49.7 Å². The molecule has 1 aliphatic heterocycles. The molecule has 3 rings (SSSR count). The van der Waals surface area contributed by atoms with Crippen molar-refractivity contribution in [1.82, 2.24) is 0 Å². The molecule has 74 valence electrons. The lowest BCUT2D eigenvalue weighted by Crippen LogP contribution is -2.31. The van der Waals surface area contributed by atoms with E-state index < -0.39 is 0 Å². The fourth-order valence-corrected chi connectivity index (χ4v) is 2.85. The van der Waals surface area contributed by atoms with E-state index in [4.69, 9.17) is 0 Å². The number of hydrogen-bond donors (Lipinski definition) is 0. The minimum absolute atomic E-state index is 0.592. The van der Waals surface area contributed by atoms with Crippen LogP contribution in [0.2, 0.25) is 6.82 Å². The van der Waals surface area contributed by atoms with Crippen molar-refractivity contribution in [3.8, 4) is 0 Å². The van der Waals surface area contributed by atoms with Crippen LogP contribution in [-0.4, -0.2) is 24.0 Å². The first-order valence-electron chi connectivity index (χ1n) is 5.59. The predicted octanol–water partition coefficient (Wildman–Crippen LogP) is 2.39. The summed E-state index contributed by atoms with van der Waals surface area (Å²) >= 11 is 0. The molecule has 0 saturated heterocycles. The summed E-state index contributed by atoms with van der Waals surface area (Å²) in [5.74, 6) is 0. The van der Waals surface area contributed by atoms with E-state index in [1.165, 1.54) is 22.5 Å². The zero-order valence-electron chi connectivity index (χ0n) is 9.54. The van der Waals surface area contributed by atoms with Gasteiger partial charge >= 0.3 is 0 Å². The second-order valence-corrected chi connectivity index (χ2v) is 4.67. The predicted molar refractivity (Wildman–Crippen MR) is 65.4 cm³/mol. The average molecular weight is 196 g/mol. The lowest BCUT2D eigenvalue weighted by atomic mass is 9.39. The van der Waals surface area contributed by atoms with Gasteiger partial charge in [-0.05, 0) is 29.9 Å². The maximum absolute atomic E-state index is 2.33. The van der Waals surface area contributed by atoms with Crippen LogP contribution in [0.4, 0.5) is 0 Å². The molecule has 0 unspecified atom stereocenters. The van der Waals surface area contributed by atoms with Crippen LogP contribution in [0.15, 0.2) is 46.5 Å². The standard InChI is InChI=1S/C13H15BN/c1-9-7-11-13(8-9)15(3)12-6-4-5-10(12)14(11)2/h4,6-8H,5H2,1-3H3/q+1. The molecule has 0 amide bonds. The summed E-state index contributed by atoms with van der Waals surface area (Å²) in [4.78, 5) is 0. The number of hydrogen-bond acceptors (Lipinski definition) is 0. The first-order valence-corrected chi connectivity index (χ1v) is 5.59. The van der Waals surface area contributed by atoms with Crippen LogP contribution >= 0.6 is 0 Å². The van der Waals surface area contributed by atoms with Crippen molar-refractivity contribution in [3.63, 3.8) is 0 Å². The molecule has 0 N–H and O–H groups in total. The Labute approximate surface area is 91.3 Å². The first kappa shape index (κ1) is 8.96. The van der Waals surface area contributed by atoms with Gasteiger partial charge in [-0.1, -0.05) is 19.0 Å². The Hall–Kier alpha value is -1.31. The minimum Gasteiger partial charge on any atom is -0.196 e. The van der Waals surface area contributed by atoms with Gasteiger partial charge in [-0.3, -0.25) is 0 Å². The smallest absolute Gasteiger partial charge is 0.196 e. The summed E-state index contributed by atoms with van der Waals surface area (Å²) in [6.07, 6.45) is 10.3. The molecule has 2 heteroatoms. The highest BCUT2D eigenvalue weighted by atomic mass is 15.0. The van der Waals surface area contributed by atoms with Crippen molar-refractivity contribution in [2.24, 2.45) is 0 Å². The molecule has 0 bridgehead atoms. The molecule has 0 saturated carbocycles. The van der Waals surface area contributed by atoms with Gasteiger partial charge < -0.3 is 0 Å². The van der Waals surface area contributed by atoms with Crippen LogP contribution in [0, 0.1) is 0 Å². The molecule has 3 aliphatic rings. The minimum atomic E-state index is 0.592. The van der Waals surface area contributed by atoms with Crippen molar-refractivity contribution in [2.75, 3.05) is 7.05 Å². The van der Waals surface area contributed by atoms with E-state index in [0.29, 0.717) is 6.71 Å². The van der Waals surface area contributed by atoms with E-state index in [1.54, 1.807) is 5.47 Å². The topological polar surface area (TPSA) is 3.01 Å². The number of fused-ring (bicyclic) bond motifs is 1. The van der Waals surface area contributed by atoms with Gasteiger partial charge in [0, 0.05) is 12.2 Å². The Balaban J connectivity index is 2.23. The second-order valence-electron chi connectivity index (χ2n) is 4.67. The van der Waals surface area contributed by atoms with Gasteiger partial charge in [0.25, 0.3) is 0 Å². The Kier molecular flexibility index (Phi) is 1.70. The lowest BCUT2D eigenvalue weighted by molar-refractivity contribution is -0.437. The largest absolute Gasteiger partial charge is 0.219 e. The first-order chi connectivity index (χ1) is 7.18. The van der Waals surface area contributed by atoms with Crippen LogP contribution in [0.3, 0.4) is 0 Å². The summed E-state index contributed by atoms with van der Waals surface area (Å²) < 4.78 is 2.33. The zero-order chi connectivity index (χ0) is 10.6. The molecule has 15 heavy (non-hydrogen) atoms. The monoisotopic (exact) mass is 196 g/mol. The van der Waals surface area contributed by atoms with Gasteiger partial charge in [0.05, 0.1) is 0 Å². The molecule has 0 spiro atoms. The quantitative estimate of drug-likeness (QED) is 0.413.